The fraction of sp³-hybridized carbons (Fsp3) is 0.316. The van der Waals surface area contributed by atoms with Gasteiger partial charge in [0.15, 0.2) is 5.65 Å². The van der Waals surface area contributed by atoms with Crippen molar-refractivity contribution in [2.24, 2.45) is 0 Å². The largest absolute Gasteiger partial charge is 0.481 e. The van der Waals surface area contributed by atoms with Crippen LogP contribution in [0.1, 0.15) is 37.2 Å². The van der Waals surface area contributed by atoms with Crippen molar-refractivity contribution in [2.45, 2.75) is 39.0 Å². The molecule has 124 valence electrons. The highest BCUT2D eigenvalue weighted by molar-refractivity contribution is 5.74. The Bertz CT molecular complexity index is 840. The maximum Gasteiger partial charge on any atom is 0.303 e. The molecule has 0 spiro atoms. The van der Waals surface area contributed by atoms with Gasteiger partial charge in [0, 0.05) is 24.2 Å². The van der Waals surface area contributed by atoms with Gasteiger partial charge < -0.3 is 5.11 Å². The lowest BCUT2D eigenvalue weighted by Crippen LogP contribution is -2.03. The number of carbonyl (C=O) groups is 1. The summed E-state index contributed by atoms with van der Waals surface area (Å²) >= 11 is 0. The Labute approximate surface area is 141 Å². The summed E-state index contributed by atoms with van der Waals surface area (Å²) in [4.78, 5) is 20.0. The number of unbranched alkanes of at least 4 members (excludes halogenated alkanes) is 2. The first-order chi connectivity index (χ1) is 11.6. The van der Waals surface area contributed by atoms with E-state index in [-0.39, 0.29) is 6.42 Å². The molecule has 0 aliphatic heterocycles. The maximum absolute atomic E-state index is 10.6. The van der Waals surface area contributed by atoms with E-state index in [0.717, 1.165) is 47.6 Å². The van der Waals surface area contributed by atoms with Crippen LogP contribution in [0.4, 0.5) is 0 Å². The maximum atomic E-state index is 10.6. The molecule has 0 saturated heterocycles. The molecule has 1 aromatic carbocycles. The van der Waals surface area contributed by atoms with Gasteiger partial charge in [-0.3, -0.25) is 9.36 Å². The number of hydrogen-bond donors (Lipinski definition) is 1. The van der Waals surface area contributed by atoms with Crippen molar-refractivity contribution in [3.8, 4) is 5.69 Å². The second-order valence-electron chi connectivity index (χ2n) is 5.95. The Morgan fingerprint density at radius 1 is 1.04 bits per heavy atom. The van der Waals surface area contributed by atoms with Crippen molar-refractivity contribution in [3.05, 3.63) is 54.0 Å². The van der Waals surface area contributed by atoms with Gasteiger partial charge in [-0.05, 0) is 44.0 Å². The summed E-state index contributed by atoms with van der Waals surface area (Å²) in [6.07, 6.45) is 3.55. The number of carboxylic acid groups (broad SMARTS) is 1. The number of imidazole rings is 1. The predicted octanol–water partition coefficient (Wildman–Crippen LogP) is 3.92. The molecule has 1 N–H and O–H groups in total. The zero-order valence-corrected chi connectivity index (χ0v) is 13.8. The summed E-state index contributed by atoms with van der Waals surface area (Å²) in [7, 11) is 0. The molecular weight excluding hydrogens is 302 g/mol. The number of nitrogens with zero attached hydrogens (tertiary/aromatic N) is 3. The molecule has 0 radical (unpaired) electrons. The lowest BCUT2D eigenvalue weighted by molar-refractivity contribution is -0.137. The SMILES string of the molecule is Cc1ccc2nc(CCCCCC(=O)O)n(-c3ccccc3)c2n1. The fourth-order valence-corrected chi connectivity index (χ4v) is 2.85. The van der Waals surface area contributed by atoms with Crippen LogP contribution in [-0.2, 0) is 11.2 Å². The second kappa shape index (κ2) is 7.25. The quantitative estimate of drug-likeness (QED) is 0.669. The minimum atomic E-state index is -0.730. The number of aryl methyl sites for hydroxylation is 2. The number of rotatable bonds is 7. The number of aromatic nitrogens is 3. The summed E-state index contributed by atoms with van der Waals surface area (Å²) in [5, 5.41) is 8.72. The third-order valence-electron chi connectivity index (χ3n) is 4.02. The van der Waals surface area contributed by atoms with E-state index in [0.29, 0.717) is 6.42 Å². The van der Waals surface area contributed by atoms with Crippen molar-refractivity contribution in [1.29, 1.82) is 0 Å². The predicted molar refractivity (Wildman–Crippen MR) is 93.4 cm³/mol. The van der Waals surface area contributed by atoms with Gasteiger partial charge in [-0.2, -0.15) is 0 Å². The summed E-state index contributed by atoms with van der Waals surface area (Å²) in [5.74, 6) is 0.246. The van der Waals surface area contributed by atoms with Gasteiger partial charge in [0.25, 0.3) is 0 Å². The van der Waals surface area contributed by atoms with E-state index in [9.17, 15) is 4.79 Å². The zero-order valence-electron chi connectivity index (χ0n) is 13.8. The molecule has 0 atom stereocenters. The average Bonchev–Trinajstić information content (AvgIpc) is 2.92. The number of fused-ring (bicyclic) bond motifs is 1. The van der Waals surface area contributed by atoms with Crippen LogP contribution in [0.3, 0.4) is 0 Å². The first-order valence-electron chi connectivity index (χ1n) is 8.27. The Kier molecular flexibility index (Phi) is 4.89. The third-order valence-corrected chi connectivity index (χ3v) is 4.02. The van der Waals surface area contributed by atoms with Gasteiger partial charge in [0.05, 0.1) is 0 Å². The molecule has 0 amide bonds. The van der Waals surface area contributed by atoms with E-state index < -0.39 is 5.97 Å². The minimum Gasteiger partial charge on any atom is -0.481 e. The summed E-state index contributed by atoms with van der Waals surface area (Å²) in [6, 6.07) is 14.1. The highest BCUT2D eigenvalue weighted by Gasteiger charge is 2.13. The van der Waals surface area contributed by atoms with E-state index >= 15 is 0 Å². The molecule has 24 heavy (non-hydrogen) atoms. The van der Waals surface area contributed by atoms with Crippen molar-refractivity contribution >= 4 is 17.1 Å². The van der Waals surface area contributed by atoms with Gasteiger partial charge >= 0.3 is 5.97 Å². The van der Waals surface area contributed by atoms with Crippen LogP contribution in [0.2, 0.25) is 0 Å². The van der Waals surface area contributed by atoms with Gasteiger partial charge in [0.2, 0.25) is 0 Å². The molecule has 2 heterocycles. The van der Waals surface area contributed by atoms with Crippen molar-refractivity contribution < 1.29 is 9.90 Å². The molecule has 0 saturated carbocycles. The lowest BCUT2D eigenvalue weighted by atomic mass is 10.1. The van der Waals surface area contributed by atoms with Crippen LogP contribution in [0.5, 0.6) is 0 Å². The lowest BCUT2D eigenvalue weighted by Gasteiger charge is -2.08. The van der Waals surface area contributed by atoms with E-state index in [2.05, 4.69) is 21.7 Å². The van der Waals surface area contributed by atoms with Gasteiger partial charge in [-0.1, -0.05) is 24.6 Å². The molecule has 0 aliphatic carbocycles. The number of pyridine rings is 1. The first-order valence-corrected chi connectivity index (χ1v) is 8.27. The van der Waals surface area contributed by atoms with Gasteiger partial charge in [-0.25, -0.2) is 9.97 Å². The Hall–Kier alpha value is -2.69. The molecule has 0 fully saturated rings. The van der Waals surface area contributed by atoms with Crippen LogP contribution >= 0.6 is 0 Å². The standard InChI is InChI=1S/C19H21N3O2/c1-14-12-13-16-19(20-14)22(15-8-4-2-5-9-15)17(21-16)10-6-3-7-11-18(23)24/h2,4-5,8-9,12-13H,3,6-7,10-11H2,1H3,(H,23,24). The Morgan fingerprint density at radius 3 is 2.58 bits per heavy atom. The van der Waals surface area contributed by atoms with Crippen LogP contribution in [0, 0.1) is 6.92 Å². The van der Waals surface area contributed by atoms with Crippen molar-refractivity contribution in [3.63, 3.8) is 0 Å². The highest BCUT2D eigenvalue weighted by atomic mass is 16.4. The van der Waals surface area contributed by atoms with Crippen molar-refractivity contribution in [2.75, 3.05) is 0 Å². The second-order valence-corrected chi connectivity index (χ2v) is 5.95. The molecule has 0 unspecified atom stereocenters. The molecule has 5 heteroatoms. The molecule has 3 rings (SSSR count). The summed E-state index contributed by atoms with van der Waals surface area (Å²) in [5.41, 5.74) is 3.79. The third kappa shape index (κ3) is 3.62. The number of para-hydroxylation sites is 1. The number of carboxylic acids is 1. The normalized spacial score (nSPS) is 11.0. The van der Waals surface area contributed by atoms with Gasteiger partial charge in [0.1, 0.15) is 11.3 Å². The van der Waals surface area contributed by atoms with E-state index in [4.69, 9.17) is 10.1 Å². The topological polar surface area (TPSA) is 68.0 Å². The van der Waals surface area contributed by atoms with E-state index in [1.807, 2.05) is 37.3 Å². The van der Waals surface area contributed by atoms with Crippen molar-refractivity contribution in [1.82, 2.24) is 14.5 Å². The average molecular weight is 323 g/mol. The minimum absolute atomic E-state index is 0.232. The van der Waals surface area contributed by atoms with Crippen LogP contribution < -0.4 is 0 Å². The number of aliphatic carboxylic acids is 1. The fourth-order valence-electron chi connectivity index (χ4n) is 2.85. The molecule has 0 bridgehead atoms. The highest BCUT2D eigenvalue weighted by Crippen LogP contribution is 2.22. The molecule has 5 nitrogen and oxygen atoms in total. The van der Waals surface area contributed by atoms with E-state index in [1.54, 1.807) is 0 Å². The summed E-state index contributed by atoms with van der Waals surface area (Å²) < 4.78 is 2.11. The molecule has 2 aromatic heterocycles. The monoisotopic (exact) mass is 323 g/mol. The molecule has 0 aliphatic rings. The molecule has 3 aromatic rings. The van der Waals surface area contributed by atoms with Crippen LogP contribution in [-0.4, -0.2) is 25.6 Å². The van der Waals surface area contributed by atoms with Crippen LogP contribution in [0.15, 0.2) is 42.5 Å². The van der Waals surface area contributed by atoms with Crippen LogP contribution in [0.25, 0.3) is 16.9 Å². The number of benzene rings is 1. The number of hydrogen-bond acceptors (Lipinski definition) is 3. The Balaban J connectivity index is 1.88. The van der Waals surface area contributed by atoms with Gasteiger partial charge in [-0.15, -0.1) is 0 Å². The first kappa shape index (κ1) is 16.2. The molecular formula is C19H21N3O2. The Morgan fingerprint density at radius 2 is 1.83 bits per heavy atom. The zero-order chi connectivity index (χ0) is 16.9. The smallest absolute Gasteiger partial charge is 0.303 e. The summed E-state index contributed by atoms with van der Waals surface area (Å²) in [6.45, 7) is 1.98. The van der Waals surface area contributed by atoms with E-state index in [1.165, 1.54) is 0 Å².